The highest BCUT2D eigenvalue weighted by Crippen LogP contribution is 2.50. The predicted octanol–water partition coefficient (Wildman–Crippen LogP) is 2.21. The number of hydrogen-bond acceptors (Lipinski definition) is 8. The first-order valence-corrected chi connectivity index (χ1v) is 10.5. The Morgan fingerprint density at radius 2 is 2.06 bits per heavy atom. The summed E-state index contributed by atoms with van der Waals surface area (Å²) in [4.78, 5) is 27.4. The fraction of sp³-hybridized carbons (Fsp3) is 0.455. The minimum atomic E-state index is -1.26. The van der Waals surface area contributed by atoms with Gasteiger partial charge in [-0.1, -0.05) is 0 Å². The van der Waals surface area contributed by atoms with Gasteiger partial charge in [-0.3, -0.25) is 14.7 Å². The number of amides is 1. The molecular formula is C22H24FN5O4. The van der Waals surface area contributed by atoms with Crippen LogP contribution in [0.2, 0.25) is 0 Å². The van der Waals surface area contributed by atoms with Crippen LogP contribution in [0.4, 0.5) is 4.39 Å². The van der Waals surface area contributed by atoms with Crippen molar-refractivity contribution < 1.29 is 23.4 Å². The van der Waals surface area contributed by atoms with E-state index in [1.54, 1.807) is 7.05 Å². The molecule has 3 aliphatic rings. The van der Waals surface area contributed by atoms with Crippen molar-refractivity contribution in [3.05, 3.63) is 42.0 Å². The van der Waals surface area contributed by atoms with Crippen molar-refractivity contribution in [3.63, 3.8) is 0 Å². The number of carbonyl (C=O) groups is 1. The van der Waals surface area contributed by atoms with Crippen molar-refractivity contribution in [2.45, 2.75) is 30.9 Å². The van der Waals surface area contributed by atoms with Crippen molar-refractivity contribution in [3.8, 4) is 17.5 Å². The van der Waals surface area contributed by atoms with Crippen molar-refractivity contribution >= 4 is 11.9 Å². The van der Waals surface area contributed by atoms with Gasteiger partial charge < -0.3 is 19.9 Å². The van der Waals surface area contributed by atoms with E-state index in [2.05, 4.69) is 15.0 Å². The molecule has 1 saturated heterocycles. The number of hydrogen-bond donors (Lipinski definition) is 1. The lowest BCUT2D eigenvalue weighted by atomic mass is 9.72. The first-order chi connectivity index (χ1) is 15.4. The predicted molar refractivity (Wildman–Crippen MR) is 112 cm³/mol. The minimum Gasteiger partial charge on any atom is -0.480 e. The Bertz CT molecular complexity index is 1090. The molecule has 0 unspecified atom stereocenters. The lowest BCUT2D eigenvalue weighted by molar-refractivity contribution is -0.146. The van der Waals surface area contributed by atoms with Crippen molar-refractivity contribution in [1.29, 1.82) is 0 Å². The van der Waals surface area contributed by atoms with Gasteiger partial charge in [-0.2, -0.15) is 4.98 Å². The molecular weight excluding hydrogens is 417 g/mol. The normalized spacial score (nSPS) is 27.5. The van der Waals surface area contributed by atoms with Gasteiger partial charge in [0.1, 0.15) is 17.1 Å². The standard InChI is InChI=1S/C22H24FN5O4/c1-28-20(29)15-8-17(12-3-4-12)31-11-22(15,27-21(28)24)14-7-13(5-6-16(14)23)32-19-10-25-9-18(26-19)30-2/h5-7,9-10,12,15,17H,3-4,8,11H2,1-2H3,(H2,24,27)/t15-,17+,22+/m0/s1. The molecule has 10 heteroatoms. The summed E-state index contributed by atoms with van der Waals surface area (Å²) in [6, 6.07) is 4.29. The molecule has 3 heterocycles. The highest BCUT2D eigenvalue weighted by atomic mass is 19.1. The van der Waals surface area contributed by atoms with Gasteiger partial charge in [-0.15, -0.1) is 0 Å². The van der Waals surface area contributed by atoms with Crippen LogP contribution in [0.15, 0.2) is 35.6 Å². The van der Waals surface area contributed by atoms with Gasteiger partial charge >= 0.3 is 0 Å². The second kappa shape index (κ2) is 7.70. The van der Waals surface area contributed by atoms with Gasteiger partial charge in [0.15, 0.2) is 5.96 Å². The van der Waals surface area contributed by atoms with Crippen LogP contribution in [0.25, 0.3) is 0 Å². The fourth-order valence-corrected chi connectivity index (χ4v) is 4.49. The molecule has 0 spiro atoms. The smallest absolute Gasteiger partial charge is 0.241 e. The topological polar surface area (TPSA) is 112 Å². The second-order valence-corrected chi connectivity index (χ2v) is 8.41. The number of aliphatic imine (C=N–C) groups is 1. The first-order valence-electron chi connectivity index (χ1n) is 10.5. The molecule has 1 aromatic carbocycles. The molecule has 2 aliphatic heterocycles. The molecule has 1 aliphatic carbocycles. The van der Waals surface area contributed by atoms with E-state index in [0.29, 0.717) is 18.1 Å². The number of carbonyl (C=O) groups excluding carboxylic acids is 1. The number of methoxy groups -OCH3 is 1. The summed E-state index contributed by atoms with van der Waals surface area (Å²) >= 11 is 0. The lowest BCUT2D eigenvalue weighted by Gasteiger charge is -2.47. The number of halogens is 1. The van der Waals surface area contributed by atoms with E-state index in [0.717, 1.165) is 12.8 Å². The summed E-state index contributed by atoms with van der Waals surface area (Å²) in [5.41, 5.74) is 5.00. The molecule has 0 radical (unpaired) electrons. The van der Waals surface area contributed by atoms with E-state index >= 15 is 4.39 Å². The van der Waals surface area contributed by atoms with E-state index in [-0.39, 0.29) is 41.9 Å². The van der Waals surface area contributed by atoms with Crippen LogP contribution in [-0.2, 0) is 15.1 Å². The zero-order chi connectivity index (χ0) is 22.5. The van der Waals surface area contributed by atoms with Gasteiger partial charge in [-0.25, -0.2) is 9.38 Å². The summed E-state index contributed by atoms with van der Waals surface area (Å²) < 4.78 is 32.2. The van der Waals surface area contributed by atoms with Crippen LogP contribution >= 0.6 is 0 Å². The molecule has 2 aromatic rings. The highest BCUT2D eigenvalue weighted by Gasteiger charge is 2.56. The summed E-state index contributed by atoms with van der Waals surface area (Å²) in [6.45, 7) is 0.0679. The van der Waals surface area contributed by atoms with Gasteiger partial charge in [0, 0.05) is 12.6 Å². The molecule has 2 fully saturated rings. The zero-order valence-corrected chi connectivity index (χ0v) is 17.8. The third-order valence-corrected chi connectivity index (χ3v) is 6.42. The summed E-state index contributed by atoms with van der Waals surface area (Å²) in [6.07, 6.45) is 5.47. The SMILES string of the molecule is COc1cncc(Oc2ccc(F)c([C@]34CO[C@@H](C5CC5)C[C@H]3C(=O)N(C)C(N)=N4)c2)n1. The quantitative estimate of drug-likeness (QED) is 0.757. The molecule has 0 bridgehead atoms. The maximum absolute atomic E-state index is 15.2. The average molecular weight is 441 g/mol. The summed E-state index contributed by atoms with van der Waals surface area (Å²) in [5.74, 6) is -0.00958. The summed E-state index contributed by atoms with van der Waals surface area (Å²) in [5, 5.41) is 0. The highest BCUT2D eigenvalue weighted by molar-refractivity contribution is 6.00. The molecule has 2 N–H and O–H groups in total. The zero-order valence-electron chi connectivity index (χ0n) is 17.8. The van der Waals surface area contributed by atoms with Crippen molar-refractivity contribution in [2.24, 2.45) is 22.6 Å². The van der Waals surface area contributed by atoms with Gasteiger partial charge in [-0.05, 0) is 43.4 Å². The van der Waals surface area contributed by atoms with E-state index in [1.807, 2.05) is 0 Å². The second-order valence-electron chi connectivity index (χ2n) is 8.41. The number of fused-ring (bicyclic) bond motifs is 1. The van der Waals surface area contributed by atoms with Crippen molar-refractivity contribution in [2.75, 3.05) is 20.8 Å². The number of nitrogens with two attached hydrogens (primary N) is 1. The fourth-order valence-electron chi connectivity index (χ4n) is 4.49. The first kappa shape index (κ1) is 20.6. The molecule has 1 saturated carbocycles. The van der Waals surface area contributed by atoms with Crippen LogP contribution in [-0.4, -0.2) is 53.6 Å². The van der Waals surface area contributed by atoms with Crippen LogP contribution in [0, 0.1) is 17.7 Å². The van der Waals surface area contributed by atoms with E-state index in [4.69, 9.17) is 19.9 Å². The number of nitrogens with zero attached hydrogens (tertiary/aromatic N) is 4. The Labute approximate surface area is 184 Å². The van der Waals surface area contributed by atoms with Gasteiger partial charge in [0.2, 0.25) is 17.7 Å². The molecule has 1 aromatic heterocycles. The van der Waals surface area contributed by atoms with E-state index in [9.17, 15) is 4.79 Å². The van der Waals surface area contributed by atoms with E-state index in [1.165, 1.54) is 42.6 Å². The maximum atomic E-state index is 15.2. The van der Waals surface area contributed by atoms with Crippen LogP contribution in [0.3, 0.4) is 0 Å². The monoisotopic (exact) mass is 441 g/mol. The third kappa shape index (κ3) is 3.44. The minimum absolute atomic E-state index is 0.0316. The Morgan fingerprint density at radius 3 is 2.81 bits per heavy atom. The molecule has 168 valence electrons. The molecule has 9 nitrogen and oxygen atoms in total. The lowest BCUT2D eigenvalue weighted by Crippen LogP contribution is -2.60. The van der Waals surface area contributed by atoms with Crippen LogP contribution in [0.1, 0.15) is 24.8 Å². The molecule has 1 amide bonds. The number of guanidine groups is 1. The summed E-state index contributed by atoms with van der Waals surface area (Å²) in [7, 11) is 3.06. The van der Waals surface area contributed by atoms with Gasteiger partial charge in [0.05, 0.1) is 38.1 Å². The Balaban J connectivity index is 1.55. The number of ether oxygens (including phenoxy) is 3. The van der Waals surface area contributed by atoms with Crippen molar-refractivity contribution in [1.82, 2.24) is 14.9 Å². The molecule has 32 heavy (non-hydrogen) atoms. The molecule has 5 rings (SSSR count). The van der Waals surface area contributed by atoms with E-state index < -0.39 is 17.3 Å². The largest absolute Gasteiger partial charge is 0.480 e. The number of benzene rings is 1. The average Bonchev–Trinajstić information content (AvgIpc) is 3.64. The number of rotatable bonds is 5. The third-order valence-electron chi connectivity index (χ3n) is 6.42. The van der Waals surface area contributed by atoms with Crippen LogP contribution in [0.5, 0.6) is 17.5 Å². The van der Waals surface area contributed by atoms with Crippen LogP contribution < -0.4 is 15.2 Å². The molecule has 3 atom stereocenters. The maximum Gasteiger partial charge on any atom is 0.241 e. The Hall–Kier alpha value is -3.27. The number of aromatic nitrogens is 2. The van der Waals surface area contributed by atoms with Gasteiger partial charge in [0.25, 0.3) is 0 Å². The Kier molecular flexibility index (Phi) is 4.96. The Morgan fingerprint density at radius 1 is 1.28 bits per heavy atom.